The van der Waals surface area contributed by atoms with Gasteiger partial charge in [0, 0.05) is 11.1 Å². The highest BCUT2D eigenvalue weighted by molar-refractivity contribution is 9.10. The molecule has 3 N–H and O–H groups in total. The zero-order valence-corrected chi connectivity index (χ0v) is 18.6. The highest BCUT2D eigenvalue weighted by Gasteiger charge is 2.27. The maximum Gasteiger partial charge on any atom is 0.313 e. The van der Waals surface area contributed by atoms with Crippen LogP contribution in [0.2, 0.25) is 0 Å². The zero-order valence-electron chi connectivity index (χ0n) is 16.2. The van der Waals surface area contributed by atoms with Gasteiger partial charge in [0.05, 0.1) is 5.75 Å². The summed E-state index contributed by atoms with van der Waals surface area (Å²) in [7, 11) is 0. The third kappa shape index (κ3) is 4.84. The van der Waals surface area contributed by atoms with Gasteiger partial charge in [0.1, 0.15) is 0 Å². The fraction of sp³-hybridized carbons (Fsp3) is 0.0476. The van der Waals surface area contributed by atoms with Gasteiger partial charge in [0.15, 0.2) is 27.1 Å². The molecule has 4 rings (SSSR count). The summed E-state index contributed by atoms with van der Waals surface area (Å²) in [6, 6.07) is 16.2. The number of benzene rings is 2. The molecule has 2 aromatic carbocycles. The number of furan rings is 1. The molecule has 9 nitrogen and oxygen atoms in total. The van der Waals surface area contributed by atoms with Crippen LogP contribution < -0.4 is 10.6 Å². The summed E-state index contributed by atoms with van der Waals surface area (Å²) >= 11 is 4.03. The number of fused-ring (bicyclic) bond motifs is 1. The Kier molecular flexibility index (Phi) is 6.28. The maximum atomic E-state index is 12.4. The van der Waals surface area contributed by atoms with Crippen molar-refractivity contribution in [3.8, 4) is 0 Å². The minimum Gasteiger partial charge on any atom is -0.444 e. The predicted molar refractivity (Wildman–Crippen MR) is 127 cm³/mol. The first-order valence-corrected chi connectivity index (χ1v) is 11.0. The Morgan fingerprint density at radius 1 is 1.16 bits per heavy atom. The molecule has 0 bridgehead atoms. The summed E-state index contributed by atoms with van der Waals surface area (Å²) in [6.07, 6.45) is 0. The van der Waals surface area contributed by atoms with E-state index in [4.69, 9.17) is 9.83 Å². The van der Waals surface area contributed by atoms with Crippen LogP contribution in [0.15, 0.2) is 73.7 Å². The summed E-state index contributed by atoms with van der Waals surface area (Å²) in [4.78, 5) is 44.3. The van der Waals surface area contributed by atoms with E-state index in [1.54, 1.807) is 6.07 Å². The average molecular weight is 512 g/mol. The van der Waals surface area contributed by atoms with Crippen molar-refractivity contribution in [3.05, 3.63) is 65.0 Å². The van der Waals surface area contributed by atoms with Crippen molar-refractivity contribution in [1.82, 2.24) is 5.32 Å². The van der Waals surface area contributed by atoms with Crippen molar-refractivity contribution >= 4 is 78.6 Å². The van der Waals surface area contributed by atoms with E-state index in [2.05, 4.69) is 36.5 Å². The minimum absolute atomic E-state index is 0.0402. The third-order valence-corrected chi connectivity index (χ3v) is 5.57. The zero-order chi connectivity index (χ0) is 22.7. The highest BCUT2D eigenvalue weighted by Crippen LogP contribution is 2.23. The molecule has 0 fully saturated rings. The third-order valence-electron chi connectivity index (χ3n) is 4.27. The number of amides is 3. The Bertz CT molecular complexity index is 1330. The Hall–Kier alpha value is -3.57. The fourth-order valence-corrected chi connectivity index (χ4v) is 3.83. The summed E-state index contributed by atoms with van der Waals surface area (Å²) in [5.74, 6) is -2.48. The van der Waals surface area contributed by atoms with Gasteiger partial charge in [-0.05, 0) is 39.5 Å². The van der Waals surface area contributed by atoms with E-state index in [1.807, 2.05) is 36.4 Å². The van der Waals surface area contributed by atoms with E-state index in [0.717, 1.165) is 22.5 Å². The molecular weight excluding hydrogens is 498 g/mol. The van der Waals surface area contributed by atoms with Crippen molar-refractivity contribution in [2.45, 2.75) is 0 Å². The molecule has 0 aliphatic carbocycles. The first kappa shape index (κ1) is 21.7. The number of hydrogen-bond acceptors (Lipinski definition) is 6. The molecule has 0 radical (unpaired) electrons. The average Bonchev–Trinajstić information content (AvgIpc) is 3.21. The van der Waals surface area contributed by atoms with Gasteiger partial charge in [0.25, 0.3) is 5.91 Å². The molecule has 0 atom stereocenters. The first-order valence-electron chi connectivity index (χ1n) is 9.18. The molecule has 1 aromatic heterocycles. The molecule has 0 unspecified atom stereocenters. The second-order valence-corrected chi connectivity index (χ2v) is 8.20. The van der Waals surface area contributed by atoms with Gasteiger partial charge in [-0.1, -0.05) is 48.2 Å². The van der Waals surface area contributed by atoms with Crippen molar-refractivity contribution in [2.24, 2.45) is 9.98 Å². The molecule has 1 aliphatic heterocycles. The van der Waals surface area contributed by atoms with Crippen LogP contribution in [0.1, 0.15) is 10.6 Å². The summed E-state index contributed by atoms with van der Waals surface area (Å²) < 4.78 is 5.43. The lowest BCUT2D eigenvalue weighted by Gasteiger charge is -2.14. The van der Waals surface area contributed by atoms with E-state index in [0.29, 0.717) is 10.4 Å². The monoisotopic (exact) mass is 511 g/mol. The van der Waals surface area contributed by atoms with Gasteiger partial charge in [-0.15, -0.1) is 0 Å². The largest absolute Gasteiger partial charge is 0.444 e. The van der Waals surface area contributed by atoms with Gasteiger partial charge in [0.2, 0.25) is 5.91 Å². The predicted octanol–water partition coefficient (Wildman–Crippen LogP) is 3.61. The van der Waals surface area contributed by atoms with Crippen molar-refractivity contribution < 1.29 is 18.8 Å². The number of amidine groups is 2. The minimum atomic E-state index is -0.814. The number of nitrogens with zero attached hydrogens (tertiary/aromatic N) is 2. The smallest absolute Gasteiger partial charge is 0.313 e. The molecule has 32 heavy (non-hydrogen) atoms. The quantitative estimate of drug-likeness (QED) is 0.491. The van der Waals surface area contributed by atoms with Crippen LogP contribution in [0.4, 0.5) is 5.69 Å². The van der Waals surface area contributed by atoms with E-state index < -0.39 is 23.4 Å². The Morgan fingerprint density at radius 3 is 2.69 bits per heavy atom. The lowest BCUT2D eigenvalue weighted by atomic mass is 10.1. The lowest BCUT2D eigenvalue weighted by molar-refractivity contribution is -0.114. The number of rotatable bonds is 4. The number of halogens is 1. The van der Waals surface area contributed by atoms with Gasteiger partial charge in [-0.25, -0.2) is 4.99 Å². The van der Waals surface area contributed by atoms with Gasteiger partial charge >= 0.3 is 5.91 Å². The molecule has 0 saturated carbocycles. The van der Waals surface area contributed by atoms with Crippen LogP contribution in [-0.2, 0) is 9.59 Å². The van der Waals surface area contributed by atoms with Crippen LogP contribution in [0, 0.1) is 5.41 Å². The summed E-state index contributed by atoms with van der Waals surface area (Å²) in [6.45, 7) is 0. The number of nitrogens with one attached hydrogen (secondary N) is 3. The topological polar surface area (TPSA) is 137 Å². The van der Waals surface area contributed by atoms with Gasteiger partial charge in [-0.3, -0.25) is 25.1 Å². The fourth-order valence-electron chi connectivity index (χ4n) is 2.86. The van der Waals surface area contributed by atoms with E-state index in [9.17, 15) is 14.4 Å². The molecule has 11 heteroatoms. The molecule has 160 valence electrons. The van der Waals surface area contributed by atoms with Crippen molar-refractivity contribution in [3.63, 3.8) is 0 Å². The standard InChI is InChI=1S/C21H14BrN5O4S/c22-15-9-8-14(31-15)19(29)25-17-18(23)26-21(27-20(17)30)32-10-16(28)24-13-7-3-5-11-4-1-2-6-12(11)13/h1-9H,10H2,(H,24,28)(H2,23,26,27,30). The Labute approximate surface area is 194 Å². The lowest BCUT2D eigenvalue weighted by Crippen LogP contribution is -2.43. The van der Waals surface area contributed by atoms with Crippen LogP contribution in [-0.4, -0.2) is 40.2 Å². The van der Waals surface area contributed by atoms with Crippen LogP contribution >= 0.6 is 27.7 Å². The van der Waals surface area contributed by atoms with Crippen LogP contribution in [0.25, 0.3) is 10.8 Å². The van der Waals surface area contributed by atoms with E-state index >= 15 is 0 Å². The number of carbonyl (C=O) groups excluding carboxylic acids is 3. The number of carbonyl (C=O) groups is 3. The SMILES string of the molecule is N=C1N=C(SCC(=O)Nc2cccc3ccccc23)NC(=O)C1=NC(=O)c1ccc(Br)o1. The number of hydrogen-bond donors (Lipinski definition) is 3. The number of thioether (sulfide) groups is 1. The molecule has 0 spiro atoms. The second kappa shape index (κ2) is 9.28. The first-order chi connectivity index (χ1) is 15.4. The van der Waals surface area contributed by atoms with Gasteiger partial charge < -0.3 is 9.73 Å². The normalized spacial score (nSPS) is 14.9. The van der Waals surface area contributed by atoms with Gasteiger partial charge in [-0.2, -0.15) is 4.99 Å². The van der Waals surface area contributed by atoms with Crippen molar-refractivity contribution in [1.29, 1.82) is 5.41 Å². The summed E-state index contributed by atoms with van der Waals surface area (Å²) in [5, 5.41) is 15.2. The van der Waals surface area contributed by atoms with Crippen LogP contribution in [0.3, 0.4) is 0 Å². The number of aliphatic imine (C=N–C) groups is 2. The maximum absolute atomic E-state index is 12.4. The van der Waals surface area contributed by atoms with E-state index in [-0.39, 0.29) is 22.6 Å². The number of anilines is 1. The second-order valence-electron chi connectivity index (χ2n) is 6.45. The van der Waals surface area contributed by atoms with Crippen molar-refractivity contribution in [2.75, 3.05) is 11.1 Å². The van der Waals surface area contributed by atoms with E-state index in [1.165, 1.54) is 12.1 Å². The van der Waals surface area contributed by atoms with Crippen LogP contribution in [0.5, 0.6) is 0 Å². The molecule has 1 aliphatic rings. The molecule has 3 aromatic rings. The Balaban J connectivity index is 1.40. The molecule has 0 saturated heterocycles. The molecule has 3 amide bonds. The summed E-state index contributed by atoms with van der Waals surface area (Å²) in [5.41, 5.74) is 0.237. The Morgan fingerprint density at radius 2 is 1.94 bits per heavy atom. The highest BCUT2D eigenvalue weighted by atomic mass is 79.9. The molecule has 2 heterocycles. The molecular formula is C21H14BrN5O4S.